The molecular weight excluding hydrogens is 286 g/mol. The molecule has 22 heavy (non-hydrogen) atoms. The zero-order valence-electron chi connectivity index (χ0n) is 12.2. The van der Waals surface area contributed by atoms with Crippen molar-refractivity contribution in [2.24, 2.45) is 0 Å². The molecule has 2 rings (SSSR count). The molecule has 0 radical (unpaired) electrons. The number of nitro benzene ring substituents is 1. The van der Waals surface area contributed by atoms with Crippen LogP contribution in [0.1, 0.15) is 11.1 Å². The van der Waals surface area contributed by atoms with Crippen LogP contribution in [0.4, 0.5) is 5.69 Å². The summed E-state index contributed by atoms with van der Waals surface area (Å²) in [7, 11) is 0. The summed E-state index contributed by atoms with van der Waals surface area (Å²) < 4.78 is 10.5. The maximum atomic E-state index is 11.9. The predicted molar refractivity (Wildman–Crippen MR) is 80.1 cm³/mol. The first-order valence-corrected chi connectivity index (χ1v) is 6.62. The summed E-state index contributed by atoms with van der Waals surface area (Å²) >= 11 is 0. The van der Waals surface area contributed by atoms with Gasteiger partial charge in [-0.25, -0.2) is 4.79 Å². The molecule has 0 saturated heterocycles. The van der Waals surface area contributed by atoms with Gasteiger partial charge in [0.2, 0.25) is 0 Å². The van der Waals surface area contributed by atoms with E-state index >= 15 is 0 Å². The van der Waals surface area contributed by atoms with Gasteiger partial charge in [0.05, 0.1) is 4.92 Å². The van der Waals surface area contributed by atoms with Gasteiger partial charge < -0.3 is 9.47 Å². The van der Waals surface area contributed by atoms with Crippen molar-refractivity contribution in [3.63, 3.8) is 0 Å². The van der Waals surface area contributed by atoms with E-state index in [1.165, 1.54) is 18.2 Å². The second-order valence-corrected chi connectivity index (χ2v) is 4.71. The van der Waals surface area contributed by atoms with E-state index < -0.39 is 17.5 Å². The van der Waals surface area contributed by atoms with Gasteiger partial charge in [-0.1, -0.05) is 30.3 Å². The standard InChI is InChI=1S/C16H15NO5/c1-11-6-5-7-12(2)16(11)22-15(18)10-21-14-9-4-3-8-13(14)17(19)20/h3-9H,10H2,1-2H3. The van der Waals surface area contributed by atoms with Crippen molar-refractivity contribution in [1.29, 1.82) is 0 Å². The Labute approximate surface area is 127 Å². The number of hydrogen-bond donors (Lipinski definition) is 0. The minimum Gasteiger partial charge on any atom is -0.475 e. The summed E-state index contributed by atoms with van der Waals surface area (Å²) in [5.41, 5.74) is 1.47. The lowest BCUT2D eigenvalue weighted by Crippen LogP contribution is -2.19. The quantitative estimate of drug-likeness (QED) is 0.367. The van der Waals surface area contributed by atoms with Crippen molar-refractivity contribution in [2.75, 3.05) is 6.61 Å². The minimum absolute atomic E-state index is 0.0333. The molecule has 0 aliphatic rings. The molecule has 0 bridgehead atoms. The molecule has 6 heteroatoms. The molecule has 0 aliphatic carbocycles. The van der Waals surface area contributed by atoms with Gasteiger partial charge in [0.15, 0.2) is 12.4 Å². The Bertz CT molecular complexity index is 691. The molecule has 6 nitrogen and oxygen atoms in total. The smallest absolute Gasteiger partial charge is 0.349 e. The lowest BCUT2D eigenvalue weighted by atomic mass is 10.1. The lowest BCUT2D eigenvalue weighted by molar-refractivity contribution is -0.385. The fraction of sp³-hybridized carbons (Fsp3) is 0.188. The molecule has 2 aromatic carbocycles. The number of nitrogens with zero attached hydrogens (tertiary/aromatic N) is 1. The number of para-hydroxylation sites is 3. The average Bonchev–Trinajstić information content (AvgIpc) is 2.49. The molecule has 2 aromatic rings. The Morgan fingerprint density at radius 1 is 1.09 bits per heavy atom. The van der Waals surface area contributed by atoms with Crippen molar-refractivity contribution in [3.05, 3.63) is 63.7 Å². The van der Waals surface area contributed by atoms with Gasteiger partial charge in [0.1, 0.15) is 5.75 Å². The Hall–Kier alpha value is -2.89. The second kappa shape index (κ2) is 6.71. The first kappa shape index (κ1) is 15.5. The monoisotopic (exact) mass is 301 g/mol. The number of hydrogen-bond acceptors (Lipinski definition) is 5. The number of carbonyl (C=O) groups is 1. The molecule has 0 unspecified atom stereocenters. The van der Waals surface area contributed by atoms with Crippen LogP contribution in [0.25, 0.3) is 0 Å². The average molecular weight is 301 g/mol. The Morgan fingerprint density at radius 2 is 1.73 bits per heavy atom. The fourth-order valence-corrected chi connectivity index (χ4v) is 1.97. The van der Waals surface area contributed by atoms with E-state index in [0.717, 1.165) is 11.1 Å². The van der Waals surface area contributed by atoms with Crippen LogP contribution in [0.3, 0.4) is 0 Å². The highest BCUT2D eigenvalue weighted by molar-refractivity contribution is 5.75. The van der Waals surface area contributed by atoms with E-state index in [9.17, 15) is 14.9 Å². The highest BCUT2D eigenvalue weighted by Gasteiger charge is 2.16. The van der Waals surface area contributed by atoms with Gasteiger partial charge in [-0.2, -0.15) is 0 Å². The predicted octanol–water partition coefficient (Wildman–Crippen LogP) is 3.20. The normalized spacial score (nSPS) is 10.1. The highest BCUT2D eigenvalue weighted by Crippen LogP contribution is 2.26. The van der Waals surface area contributed by atoms with Crippen LogP contribution >= 0.6 is 0 Å². The summed E-state index contributed by atoms with van der Waals surface area (Å²) in [4.78, 5) is 22.1. The number of rotatable bonds is 5. The molecule has 0 heterocycles. The summed E-state index contributed by atoms with van der Waals surface area (Å²) in [5.74, 6) is -0.0971. The van der Waals surface area contributed by atoms with Crippen LogP contribution in [0.5, 0.6) is 11.5 Å². The minimum atomic E-state index is -0.615. The van der Waals surface area contributed by atoms with Crippen LogP contribution in [0.15, 0.2) is 42.5 Å². The van der Waals surface area contributed by atoms with Crippen LogP contribution in [-0.4, -0.2) is 17.5 Å². The van der Waals surface area contributed by atoms with Gasteiger partial charge >= 0.3 is 11.7 Å². The molecule has 0 aliphatic heterocycles. The number of nitro groups is 1. The molecular formula is C16H15NO5. The van der Waals surface area contributed by atoms with Crippen LogP contribution in [-0.2, 0) is 4.79 Å². The number of benzene rings is 2. The third kappa shape index (κ3) is 3.60. The van der Waals surface area contributed by atoms with E-state index in [2.05, 4.69) is 0 Å². The van der Waals surface area contributed by atoms with Crippen LogP contribution in [0.2, 0.25) is 0 Å². The van der Waals surface area contributed by atoms with Crippen molar-refractivity contribution in [1.82, 2.24) is 0 Å². The Balaban J connectivity index is 2.04. The van der Waals surface area contributed by atoms with Crippen molar-refractivity contribution >= 4 is 11.7 Å². The van der Waals surface area contributed by atoms with E-state index in [1.54, 1.807) is 6.07 Å². The van der Waals surface area contributed by atoms with Crippen molar-refractivity contribution in [2.45, 2.75) is 13.8 Å². The molecule has 0 saturated carbocycles. The zero-order valence-corrected chi connectivity index (χ0v) is 12.2. The number of carbonyl (C=O) groups excluding carboxylic acids is 1. The first-order chi connectivity index (χ1) is 10.5. The molecule has 114 valence electrons. The summed E-state index contributed by atoms with van der Waals surface area (Å²) in [6.07, 6.45) is 0. The number of ether oxygens (including phenoxy) is 2. The van der Waals surface area contributed by atoms with Crippen molar-refractivity contribution < 1.29 is 19.2 Å². The molecule has 0 aromatic heterocycles. The van der Waals surface area contributed by atoms with E-state index in [1.807, 2.05) is 32.0 Å². The lowest BCUT2D eigenvalue weighted by Gasteiger charge is -2.11. The van der Waals surface area contributed by atoms with Gasteiger partial charge in [0, 0.05) is 6.07 Å². The molecule has 0 spiro atoms. The van der Waals surface area contributed by atoms with Gasteiger partial charge in [0.25, 0.3) is 0 Å². The third-order valence-electron chi connectivity index (χ3n) is 3.03. The van der Waals surface area contributed by atoms with E-state index in [0.29, 0.717) is 5.75 Å². The molecule has 0 fully saturated rings. The number of aryl methyl sites for hydroxylation is 2. The van der Waals surface area contributed by atoms with Gasteiger partial charge in [-0.3, -0.25) is 10.1 Å². The maximum Gasteiger partial charge on any atom is 0.349 e. The van der Waals surface area contributed by atoms with Crippen molar-refractivity contribution in [3.8, 4) is 11.5 Å². The van der Waals surface area contributed by atoms with E-state index in [4.69, 9.17) is 9.47 Å². The molecule has 0 amide bonds. The fourth-order valence-electron chi connectivity index (χ4n) is 1.97. The number of esters is 1. The Morgan fingerprint density at radius 3 is 2.36 bits per heavy atom. The Kier molecular flexibility index (Phi) is 4.73. The largest absolute Gasteiger partial charge is 0.475 e. The SMILES string of the molecule is Cc1cccc(C)c1OC(=O)COc1ccccc1[N+](=O)[O-]. The highest BCUT2D eigenvalue weighted by atomic mass is 16.6. The van der Waals surface area contributed by atoms with Gasteiger partial charge in [-0.15, -0.1) is 0 Å². The van der Waals surface area contributed by atoms with Crippen LogP contribution < -0.4 is 9.47 Å². The molecule has 0 atom stereocenters. The van der Waals surface area contributed by atoms with E-state index in [-0.39, 0.29) is 11.4 Å². The topological polar surface area (TPSA) is 78.7 Å². The maximum absolute atomic E-state index is 11.9. The van der Waals surface area contributed by atoms with Gasteiger partial charge in [-0.05, 0) is 31.0 Å². The first-order valence-electron chi connectivity index (χ1n) is 6.62. The van der Waals surface area contributed by atoms with Crippen LogP contribution in [0, 0.1) is 24.0 Å². The summed E-state index contributed by atoms with van der Waals surface area (Å²) in [5, 5.41) is 10.9. The molecule has 0 N–H and O–H groups in total. The summed E-state index contributed by atoms with van der Waals surface area (Å²) in [6, 6.07) is 11.4. The summed E-state index contributed by atoms with van der Waals surface area (Å²) in [6.45, 7) is 3.26. The zero-order chi connectivity index (χ0) is 16.1. The third-order valence-corrected chi connectivity index (χ3v) is 3.03. The second-order valence-electron chi connectivity index (χ2n) is 4.71.